The molecule has 0 aromatic heterocycles. The van der Waals surface area contributed by atoms with Gasteiger partial charge >= 0.3 is 17.1 Å². The van der Waals surface area contributed by atoms with Gasteiger partial charge < -0.3 is 9.80 Å². The van der Waals surface area contributed by atoms with Gasteiger partial charge in [0.25, 0.3) is 0 Å². The van der Waals surface area contributed by atoms with Gasteiger partial charge in [-0.3, -0.25) is 0 Å². The van der Waals surface area contributed by atoms with E-state index in [4.69, 9.17) is 0 Å². The molecule has 0 N–H and O–H groups in total. The van der Waals surface area contributed by atoms with Crippen LogP contribution in [0.2, 0.25) is 0 Å². The van der Waals surface area contributed by atoms with Gasteiger partial charge in [-0.05, 0) is 116 Å². The van der Waals surface area contributed by atoms with Crippen LogP contribution in [0.25, 0.3) is 0 Å². The molecule has 0 unspecified atom stereocenters. The predicted octanol–water partition coefficient (Wildman–Crippen LogP) is 6.00. The maximum atomic E-state index is 2.26. The topological polar surface area (TPSA) is 6.48 Å². The van der Waals surface area contributed by atoms with Gasteiger partial charge in [0, 0.05) is 23.9 Å². The second-order valence-corrected chi connectivity index (χ2v) is 8.88. The summed E-state index contributed by atoms with van der Waals surface area (Å²) in [4.78, 5) is 4.52. The predicted molar refractivity (Wildman–Crippen MR) is 136 cm³/mol. The zero-order chi connectivity index (χ0) is 23.1. The average molecular weight is 480 g/mol. The van der Waals surface area contributed by atoms with Crippen molar-refractivity contribution in [3.05, 3.63) is 134 Å². The van der Waals surface area contributed by atoms with Crippen LogP contribution in [0.1, 0.15) is 34.3 Å². The fraction of sp³-hybridized carbons (Fsp3) is 0.267. The van der Waals surface area contributed by atoms with E-state index < -0.39 is 0 Å². The SMILES string of the molecule is Cc1ccccc1[C@@H]([C]1[CH][CH][CH][CH]1)N(C)C.Cc1ccccc1[C@@H]([C]1[CH][CH][CH][CH]1)N(C)C.[Fe+2]. The van der Waals surface area contributed by atoms with E-state index in [2.05, 4.69) is 152 Å². The summed E-state index contributed by atoms with van der Waals surface area (Å²) in [5.74, 6) is 2.72. The molecule has 10 radical (unpaired) electrons. The molecular weight excluding hydrogens is 444 g/mol. The first-order valence-electron chi connectivity index (χ1n) is 11.3. The largest absolute Gasteiger partial charge is 2.00 e. The van der Waals surface area contributed by atoms with E-state index in [0.717, 1.165) is 0 Å². The molecule has 2 aliphatic carbocycles. The standard InChI is InChI=1S/2C15H18N.Fe/c2*1-12-8-4-7-11-14(12)15(16(2)3)13-9-5-6-10-13;/h2*4-11,15H,1-3H3;/q;;+2/t2*15-;/m11./s1. The number of hydrogen-bond acceptors (Lipinski definition) is 2. The van der Waals surface area contributed by atoms with Gasteiger partial charge in [0.1, 0.15) is 0 Å². The molecule has 2 fully saturated rings. The van der Waals surface area contributed by atoms with E-state index in [1.807, 2.05) is 0 Å². The maximum absolute atomic E-state index is 2.26. The van der Waals surface area contributed by atoms with Crippen molar-refractivity contribution in [3.8, 4) is 0 Å². The molecule has 0 saturated heterocycles. The third-order valence-electron chi connectivity index (χ3n) is 6.01. The van der Waals surface area contributed by atoms with Gasteiger partial charge in [0.2, 0.25) is 0 Å². The van der Waals surface area contributed by atoms with Gasteiger partial charge in [-0.25, -0.2) is 0 Å². The van der Waals surface area contributed by atoms with E-state index in [0.29, 0.717) is 12.1 Å². The van der Waals surface area contributed by atoms with Crippen molar-refractivity contribution in [2.45, 2.75) is 25.9 Å². The van der Waals surface area contributed by atoms with Gasteiger partial charge in [-0.15, -0.1) is 0 Å². The minimum Gasteiger partial charge on any atom is -0.302 e. The van der Waals surface area contributed by atoms with Crippen LogP contribution in [0.3, 0.4) is 0 Å². The Morgan fingerprint density at radius 2 is 0.818 bits per heavy atom. The molecule has 4 rings (SSSR count). The molecule has 2 saturated carbocycles. The van der Waals surface area contributed by atoms with Crippen molar-refractivity contribution in [2.75, 3.05) is 28.2 Å². The molecular formula is C30H36FeN2+2. The zero-order valence-electron chi connectivity index (χ0n) is 20.6. The molecule has 2 aliphatic rings. The van der Waals surface area contributed by atoms with Gasteiger partial charge in [0.15, 0.2) is 0 Å². The maximum Gasteiger partial charge on any atom is 2.00 e. The van der Waals surface area contributed by atoms with Crippen LogP contribution in [0, 0.1) is 77.0 Å². The molecule has 0 amide bonds. The number of aryl methyl sites for hydroxylation is 2. The number of hydrogen-bond donors (Lipinski definition) is 0. The summed E-state index contributed by atoms with van der Waals surface area (Å²) in [5.41, 5.74) is 5.47. The molecule has 172 valence electrons. The van der Waals surface area contributed by atoms with Crippen LogP contribution < -0.4 is 0 Å². The van der Waals surface area contributed by atoms with E-state index in [9.17, 15) is 0 Å². The van der Waals surface area contributed by atoms with E-state index in [1.54, 1.807) is 0 Å². The average Bonchev–Trinajstić information content (AvgIpc) is 3.46. The summed E-state index contributed by atoms with van der Waals surface area (Å²) >= 11 is 0. The van der Waals surface area contributed by atoms with Gasteiger partial charge in [-0.1, -0.05) is 48.5 Å². The molecule has 0 aliphatic heterocycles. The van der Waals surface area contributed by atoms with Crippen LogP contribution in [-0.4, -0.2) is 38.0 Å². The van der Waals surface area contributed by atoms with Crippen molar-refractivity contribution >= 4 is 0 Å². The van der Waals surface area contributed by atoms with Crippen molar-refractivity contribution in [2.24, 2.45) is 0 Å². The second kappa shape index (κ2) is 13.7. The number of rotatable bonds is 6. The molecule has 2 atom stereocenters. The third kappa shape index (κ3) is 7.43. The smallest absolute Gasteiger partial charge is 0.302 e. The molecule has 2 aromatic rings. The molecule has 3 heteroatoms. The Morgan fingerprint density at radius 3 is 1.09 bits per heavy atom. The van der Waals surface area contributed by atoms with Crippen molar-refractivity contribution in [1.82, 2.24) is 9.80 Å². The fourth-order valence-electron chi connectivity index (χ4n) is 4.44. The Morgan fingerprint density at radius 1 is 0.515 bits per heavy atom. The summed E-state index contributed by atoms with van der Waals surface area (Å²) in [5, 5.41) is 0. The second-order valence-electron chi connectivity index (χ2n) is 8.88. The first-order chi connectivity index (χ1) is 15.4. The molecule has 2 aromatic carbocycles. The van der Waals surface area contributed by atoms with Crippen molar-refractivity contribution in [1.29, 1.82) is 0 Å². The Labute approximate surface area is 214 Å². The monoisotopic (exact) mass is 480 g/mol. The Bertz CT molecular complexity index is 750. The molecule has 33 heavy (non-hydrogen) atoms. The Kier molecular flexibility index (Phi) is 11.7. The summed E-state index contributed by atoms with van der Waals surface area (Å²) in [6.07, 6.45) is 17.2. The minimum atomic E-state index is 0. The van der Waals surface area contributed by atoms with E-state index in [-0.39, 0.29) is 17.1 Å². The molecule has 0 bridgehead atoms. The summed E-state index contributed by atoms with van der Waals surface area (Å²) in [6, 6.07) is 17.9. The number of benzene rings is 2. The van der Waals surface area contributed by atoms with Gasteiger partial charge in [0.05, 0.1) is 0 Å². The summed E-state index contributed by atoms with van der Waals surface area (Å²) < 4.78 is 0. The van der Waals surface area contributed by atoms with Crippen molar-refractivity contribution < 1.29 is 17.1 Å². The first-order valence-corrected chi connectivity index (χ1v) is 11.3. The quantitative estimate of drug-likeness (QED) is 0.468. The third-order valence-corrected chi connectivity index (χ3v) is 6.01. The Balaban J connectivity index is 0.000000227. The van der Waals surface area contributed by atoms with Gasteiger partial charge in [-0.2, -0.15) is 0 Å². The van der Waals surface area contributed by atoms with Crippen LogP contribution in [0.4, 0.5) is 0 Å². The fourth-order valence-corrected chi connectivity index (χ4v) is 4.44. The summed E-state index contributed by atoms with van der Waals surface area (Å²) in [6.45, 7) is 4.35. The first kappa shape index (κ1) is 28.1. The van der Waals surface area contributed by atoms with E-state index >= 15 is 0 Å². The molecule has 0 spiro atoms. The molecule has 0 heterocycles. The van der Waals surface area contributed by atoms with Crippen LogP contribution in [0.15, 0.2) is 48.5 Å². The zero-order valence-corrected chi connectivity index (χ0v) is 21.7. The normalized spacial score (nSPS) is 18.7. The van der Waals surface area contributed by atoms with Crippen LogP contribution >= 0.6 is 0 Å². The van der Waals surface area contributed by atoms with Crippen LogP contribution in [0.5, 0.6) is 0 Å². The van der Waals surface area contributed by atoms with Crippen molar-refractivity contribution in [3.63, 3.8) is 0 Å². The van der Waals surface area contributed by atoms with E-state index in [1.165, 1.54) is 34.1 Å². The molecule has 2 nitrogen and oxygen atoms in total. The van der Waals surface area contributed by atoms with Crippen LogP contribution in [-0.2, 0) is 17.1 Å². The number of nitrogens with zero attached hydrogens (tertiary/aromatic N) is 2. The minimum absolute atomic E-state index is 0. The summed E-state index contributed by atoms with van der Waals surface area (Å²) in [7, 11) is 8.52. The Hall–Kier alpha value is -1.12.